The Hall–Kier alpha value is -3.28. The minimum atomic E-state index is -0.290. The molecule has 4 rings (SSSR count). The highest BCUT2D eigenvalue weighted by atomic mass is 16.5. The van der Waals surface area contributed by atoms with Gasteiger partial charge in [-0.05, 0) is 75.9 Å². The minimum Gasteiger partial charge on any atom is -0.466 e. The van der Waals surface area contributed by atoms with Crippen molar-refractivity contribution in [2.24, 2.45) is 5.92 Å². The van der Waals surface area contributed by atoms with E-state index in [1.54, 1.807) is 18.9 Å². The molecule has 1 heterocycles. The molecule has 0 saturated heterocycles. The maximum Gasteiger partial charge on any atom is 0.307 e. The number of furan rings is 1. The number of hydrogen-bond acceptors (Lipinski definition) is 5. The van der Waals surface area contributed by atoms with Crippen LogP contribution in [0.4, 0.5) is 5.69 Å². The number of rotatable bonds is 9. The van der Waals surface area contributed by atoms with E-state index in [0.29, 0.717) is 24.6 Å². The second-order valence-electron chi connectivity index (χ2n) is 9.97. The second kappa shape index (κ2) is 11.6. The third kappa shape index (κ3) is 5.92. The van der Waals surface area contributed by atoms with Crippen LogP contribution in [0.1, 0.15) is 78.7 Å². The molecule has 1 unspecified atom stereocenters. The molecule has 1 atom stereocenters. The fraction of sp³-hybridized carbons (Fsp3) is 0.467. The van der Waals surface area contributed by atoms with E-state index in [1.807, 2.05) is 24.3 Å². The number of ether oxygens (including phenoxy) is 1. The Morgan fingerprint density at radius 3 is 2.50 bits per heavy atom. The predicted octanol–water partition coefficient (Wildman–Crippen LogP) is 6.81. The number of benzene rings is 2. The third-order valence-corrected chi connectivity index (χ3v) is 7.29. The van der Waals surface area contributed by atoms with Crippen LogP contribution in [0.25, 0.3) is 11.0 Å². The summed E-state index contributed by atoms with van der Waals surface area (Å²) in [6.07, 6.45) is 6.32. The summed E-state index contributed by atoms with van der Waals surface area (Å²) >= 11 is 0. The van der Waals surface area contributed by atoms with Crippen LogP contribution in [0.5, 0.6) is 0 Å². The van der Waals surface area contributed by atoms with Gasteiger partial charge in [0.2, 0.25) is 0 Å². The first kappa shape index (κ1) is 25.8. The standard InChI is InChI=1S/C30H38N2O4/c1-5-35-27(33)17-18-32(4)30(34)23-12-14-24(15-13-23)31-28(22-9-7-6-8-10-22)29-21(3)25-19-20(2)11-16-26(25)36-29/h11-16,19,22,28,31H,5-10,17-18H2,1-4H3. The van der Waals surface area contributed by atoms with Crippen LogP contribution in [-0.2, 0) is 9.53 Å². The van der Waals surface area contributed by atoms with Crippen molar-refractivity contribution in [3.8, 4) is 0 Å². The number of nitrogens with one attached hydrogen (secondary N) is 1. The Labute approximate surface area is 214 Å². The van der Waals surface area contributed by atoms with E-state index in [9.17, 15) is 9.59 Å². The van der Waals surface area contributed by atoms with Crippen LogP contribution in [-0.4, -0.2) is 37.0 Å². The summed E-state index contributed by atoms with van der Waals surface area (Å²) in [7, 11) is 1.71. The van der Waals surface area contributed by atoms with Crippen LogP contribution in [0.15, 0.2) is 46.9 Å². The Morgan fingerprint density at radius 2 is 1.81 bits per heavy atom. The van der Waals surface area contributed by atoms with E-state index in [0.717, 1.165) is 17.0 Å². The lowest BCUT2D eigenvalue weighted by atomic mass is 9.82. The van der Waals surface area contributed by atoms with Gasteiger partial charge >= 0.3 is 5.97 Å². The quantitative estimate of drug-likeness (QED) is 0.334. The zero-order valence-electron chi connectivity index (χ0n) is 21.9. The molecule has 1 aromatic heterocycles. The van der Waals surface area contributed by atoms with Crippen LogP contribution < -0.4 is 5.32 Å². The summed E-state index contributed by atoms with van der Waals surface area (Å²) in [6.45, 7) is 6.72. The first-order chi connectivity index (χ1) is 17.4. The van der Waals surface area contributed by atoms with Crippen molar-refractivity contribution in [3.05, 3.63) is 64.9 Å². The third-order valence-electron chi connectivity index (χ3n) is 7.29. The lowest BCUT2D eigenvalue weighted by Gasteiger charge is -2.31. The van der Waals surface area contributed by atoms with Gasteiger partial charge in [0.15, 0.2) is 0 Å². The van der Waals surface area contributed by atoms with E-state index in [2.05, 4.69) is 37.4 Å². The molecule has 0 bridgehead atoms. The van der Waals surface area contributed by atoms with Gasteiger partial charge in [0.1, 0.15) is 11.3 Å². The van der Waals surface area contributed by atoms with Gasteiger partial charge in [-0.2, -0.15) is 0 Å². The number of carbonyl (C=O) groups is 2. The average Bonchev–Trinajstić information content (AvgIpc) is 3.21. The molecule has 1 N–H and O–H groups in total. The summed E-state index contributed by atoms with van der Waals surface area (Å²) < 4.78 is 11.4. The zero-order valence-corrected chi connectivity index (χ0v) is 21.9. The zero-order chi connectivity index (χ0) is 25.7. The van der Waals surface area contributed by atoms with Gasteiger partial charge < -0.3 is 19.4 Å². The number of nitrogens with zero attached hydrogens (tertiary/aromatic N) is 1. The summed E-state index contributed by atoms with van der Waals surface area (Å²) in [4.78, 5) is 26.0. The van der Waals surface area contributed by atoms with Crippen molar-refractivity contribution in [1.82, 2.24) is 4.90 Å². The van der Waals surface area contributed by atoms with Gasteiger partial charge in [-0.3, -0.25) is 9.59 Å². The minimum absolute atomic E-state index is 0.0757. The topological polar surface area (TPSA) is 71.8 Å². The molecule has 3 aromatic rings. The van der Waals surface area contributed by atoms with E-state index in [1.165, 1.54) is 48.6 Å². The van der Waals surface area contributed by atoms with Gasteiger partial charge in [-0.1, -0.05) is 30.9 Å². The predicted molar refractivity (Wildman–Crippen MR) is 143 cm³/mol. The molecule has 0 aliphatic heterocycles. The van der Waals surface area contributed by atoms with Gasteiger partial charge in [0, 0.05) is 35.8 Å². The smallest absolute Gasteiger partial charge is 0.307 e. The SMILES string of the molecule is CCOC(=O)CCN(C)C(=O)c1ccc(NC(c2oc3ccc(C)cc3c2C)C2CCCCC2)cc1. The lowest BCUT2D eigenvalue weighted by molar-refractivity contribution is -0.143. The first-order valence-electron chi connectivity index (χ1n) is 13.1. The Balaban J connectivity index is 1.52. The number of fused-ring (bicyclic) bond motifs is 1. The number of esters is 1. The first-order valence-corrected chi connectivity index (χ1v) is 13.1. The number of anilines is 1. The molecule has 1 aliphatic rings. The van der Waals surface area contributed by atoms with E-state index < -0.39 is 0 Å². The fourth-order valence-corrected chi connectivity index (χ4v) is 5.22. The Kier molecular flexibility index (Phi) is 8.34. The van der Waals surface area contributed by atoms with Crippen LogP contribution in [0, 0.1) is 19.8 Å². The molecule has 1 fully saturated rings. The molecule has 36 heavy (non-hydrogen) atoms. The van der Waals surface area contributed by atoms with Crippen LogP contribution >= 0.6 is 0 Å². The summed E-state index contributed by atoms with van der Waals surface area (Å²) in [5.74, 6) is 1.11. The molecule has 0 radical (unpaired) electrons. The number of amides is 1. The maximum atomic E-state index is 12.8. The molecular weight excluding hydrogens is 452 g/mol. The van der Waals surface area contributed by atoms with Crippen molar-refractivity contribution >= 4 is 28.5 Å². The van der Waals surface area contributed by atoms with Crippen LogP contribution in [0.3, 0.4) is 0 Å². The van der Waals surface area contributed by atoms with Gasteiger partial charge in [-0.25, -0.2) is 0 Å². The maximum absolute atomic E-state index is 12.8. The van der Waals surface area contributed by atoms with E-state index >= 15 is 0 Å². The molecule has 192 valence electrons. The molecule has 0 spiro atoms. The molecule has 2 aromatic carbocycles. The highest BCUT2D eigenvalue weighted by Gasteiger charge is 2.30. The highest BCUT2D eigenvalue weighted by Crippen LogP contribution is 2.41. The van der Waals surface area contributed by atoms with Crippen LogP contribution in [0.2, 0.25) is 0 Å². The van der Waals surface area contributed by atoms with Crippen molar-refractivity contribution in [2.75, 3.05) is 25.5 Å². The lowest BCUT2D eigenvalue weighted by Crippen LogP contribution is -2.29. The largest absolute Gasteiger partial charge is 0.466 e. The molecule has 6 nitrogen and oxygen atoms in total. The van der Waals surface area contributed by atoms with Crippen molar-refractivity contribution < 1.29 is 18.7 Å². The highest BCUT2D eigenvalue weighted by molar-refractivity contribution is 5.94. The molecule has 6 heteroatoms. The molecule has 1 amide bonds. The Bertz CT molecular complexity index is 1190. The summed E-state index contributed by atoms with van der Waals surface area (Å²) in [6, 6.07) is 14.1. The summed E-state index contributed by atoms with van der Waals surface area (Å²) in [5, 5.41) is 4.93. The summed E-state index contributed by atoms with van der Waals surface area (Å²) in [5.41, 5.74) is 4.92. The average molecular weight is 491 g/mol. The van der Waals surface area contributed by atoms with Gasteiger partial charge in [-0.15, -0.1) is 0 Å². The molecule has 1 aliphatic carbocycles. The molecule has 1 saturated carbocycles. The van der Waals surface area contributed by atoms with Crippen molar-refractivity contribution in [2.45, 2.75) is 65.3 Å². The van der Waals surface area contributed by atoms with E-state index in [-0.39, 0.29) is 24.3 Å². The monoisotopic (exact) mass is 490 g/mol. The molecular formula is C30H38N2O4. The van der Waals surface area contributed by atoms with Gasteiger partial charge in [0.05, 0.1) is 19.1 Å². The second-order valence-corrected chi connectivity index (χ2v) is 9.97. The fourth-order valence-electron chi connectivity index (χ4n) is 5.22. The van der Waals surface area contributed by atoms with Crippen molar-refractivity contribution in [3.63, 3.8) is 0 Å². The normalized spacial score (nSPS) is 15.0. The van der Waals surface area contributed by atoms with E-state index in [4.69, 9.17) is 9.15 Å². The Morgan fingerprint density at radius 1 is 1.08 bits per heavy atom. The van der Waals surface area contributed by atoms with Gasteiger partial charge in [0.25, 0.3) is 5.91 Å². The van der Waals surface area contributed by atoms with Crippen molar-refractivity contribution in [1.29, 1.82) is 0 Å². The number of aryl methyl sites for hydroxylation is 2. The number of carbonyl (C=O) groups excluding carboxylic acids is 2. The number of hydrogen-bond donors (Lipinski definition) is 1.